The van der Waals surface area contributed by atoms with Crippen LogP contribution in [0.2, 0.25) is 0 Å². The Balaban J connectivity index is 1.55. The zero-order valence-corrected chi connectivity index (χ0v) is 15.6. The van der Waals surface area contributed by atoms with Gasteiger partial charge in [0.15, 0.2) is 0 Å². The highest BCUT2D eigenvalue weighted by atomic mass is 16.5. The zero-order valence-electron chi connectivity index (χ0n) is 15.6. The molecule has 0 unspecified atom stereocenters. The topological polar surface area (TPSA) is 42.4 Å². The lowest BCUT2D eigenvalue weighted by Crippen LogP contribution is -2.35. The average molecular weight is 370 g/mol. The van der Waals surface area contributed by atoms with Crippen molar-refractivity contribution >= 4 is 12.0 Å². The highest BCUT2D eigenvalue weighted by Gasteiger charge is 2.22. The number of nitrogens with zero attached hydrogens (tertiary/aromatic N) is 2. The molecular formula is C24H22N2O2. The fourth-order valence-electron chi connectivity index (χ4n) is 3.31. The summed E-state index contributed by atoms with van der Waals surface area (Å²) in [5, 5.41) is 0. The number of pyridine rings is 1. The molecule has 2 heterocycles. The average Bonchev–Trinajstić information content (AvgIpc) is 2.77. The second-order valence-corrected chi connectivity index (χ2v) is 6.81. The molecule has 1 amide bonds. The summed E-state index contributed by atoms with van der Waals surface area (Å²) in [6.07, 6.45) is 6.27. The highest BCUT2D eigenvalue weighted by molar-refractivity contribution is 5.99. The molecule has 4 heteroatoms. The van der Waals surface area contributed by atoms with Crippen molar-refractivity contribution in [2.45, 2.75) is 13.0 Å². The third kappa shape index (κ3) is 4.29. The van der Waals surface area contributed by atoms with Gasteiger partial charge in [-0.15, -0.1) is 0 Å². The van der Waals surface area contributed by atoms with Crippen molar-refractivity contribution in [1.82, 2.24) is 9.88 Å². The van der Waals surface area contributed by atoms with Crippen molar-refractivity contribution in [2.24, 2.45) is 0 Å². The first-order valence-electron chi connectivity index (χ1n) is 9.44. The standard InChI is InChI=1S/C24H22N2O2/c27-24(22-16-21-8-4-5-9-23(21)28-18-22)26(17-20-10-13-25-14-11-20)15-12-19-6-2-1-3-7-19/h1-11,13-14,16H,12,15,17-18H2. The minimum absolute atomic E-state index is 0.0160. The van der Waals surface area contributed by atoms with E-state index in [2.05, 4.69) is 17.1 Å². The Labute approximate surface area is 165 Å². The van der Waals surface area contributed by atoms with Crippen molar-refractivity contribution < 1.29 is 9.53 Å². The van der Waals surface area contributed by atoms with Gasteiger partial charge in [0.2, 0.25) is 0 Å². The highest BCUT2D eigenvalue weighted by Crippen LogP contribution is 2.26. The van der Waals surface area contributed by atoms with Gasteiger partial charge in [-0.2, -0.15) is 0 Å². The molecule has 28 heavy (non-hydrogen) atoms. The second-order valence-electron chi connectivity index (χ2n) is 6.81. The van der Waals surface area contributed by atoms with Crippen molar-refractivity contribution in [3.63, 3.8) is 0 Å². The summed E-state index contributed by atoms with van der Waals surface area (Å²) in [6, 6.07) is 21.9. The van der Waals surface area contributed by atoms with Gasteiger partial charge in [-0.05, 0) is 41.8 Å². The van der Waals surface area contributed by atoms with E-state index in [4.69, 9.17) is 4.74 Å². The molecule has 3 aromatic rings. The van der Waals surface area contributed by atoms with E-state index in [9.17, 15) is 4.79 Å². The molecule has 0 bridgehead atoms. The predicted octanol–water partition coefficient (Wildman–Crippen LogP) is 4.13. The Morgan fingerprint density at radius 3 is 2.50 bits per heavy atom. The number of rotatable bonds is 6. The molecule has 0 aliphatic carbocycles. The van der Waals surface area contributed by atoms with Crippen molar-refractivity contribution in [1.29, 1.82) is 0 Å². The van der Waals surface area contributed by atoms with E-state index in [-0.39, 0.29) is 5.91 Å². The lowest BCUT2D eigenvalue weighted by atomic mass is 10.1. The van der Waals surface area contributed by atoms with Crippen LogP contribution in [0.25, 0.3) is 6.08 Å². The summed E-state index contributed by atoms with van der Waals surface area (Å²) in [5.74, 6) is 0.839. The minimum atomic E-state index is 0.0160. The monoisotopic (exact) mass is 370 g/mol. The second kappa shape index (κ2) is 8.53. The number of para-hydroxylation sites is 1. The number of carbonyl (C=O) groups excluding carboxylic acids is 1. The van der Waals surface area contributed by atoms with Crippen LogP contribution in [0.3, 0.4) is 0 Å². The van der Waals surface area contributed by atoms with Gasteiger partial charge in [-0.1, -0.05) is 48.5 Å². The lowest BCUT2D eigenvalue weighted by molar-refractivity contribution is -0.128. The minimum Gasteiger partial charge on any atom is -0.488 e. The molecule has 1 aliphatic heterocycles. The Bertz CT molecular complexity index is 968. The van der Waals surface area contributed by atoms with Crippen molar-refractivity contribution in [3.8, 4) is 5.75 Å². The largest absolute Gasteiger partial charge is 0.488 e. The molecule has 0 spiro atoms. The molecule has 2 aromatic carbocycles. The van der Waals surface area contributed by atoms with Crippen molar-refractivity contribution in [3.05, 3.63) is 101 Å². The van der Waals surface area contributed by atoms with E-state index in [0.717, 1.165) is 23.3 Å². The van der Waals surface area contributed by atoms with E-state index in [0.29, 0.717) is 25.3 Å². The quantitative estimate of drug-likeness (QED) is 0.655. The third-order valence-corrected chi connectivity index (χ3v) is 4.83. The van der Waals surface area contributed by atoms with E-state index in [1.165, 1.54) is 5.56 Å². The summed E-state index contributed by atoms with van der Waals surface area (Å²) in [7, 11) is 0. The van der Waals surface area contributed by atoms with Gasteiger partial charge in [0.1, 0.15) is 12.4 Å². The van der Waals surface area contributed by atoms with Crippen LogP contribution in [-0.4, -0.2) is 28.9 Å². The Kier molecular flexibility index (Phi) is 5.48. The summed E-state index contributed by atoms with van der Waals surface area (Å²) >= 11 is 0. The Morgan fingerprint density at radius 2 is 1.68 bits per heavy atom. The Hall–Kier alpha value is -3.40. The van der Waals surface area contributed by atoms with Crippen molar-refractivity contribution in [2.75, 3.05) is 13.2 Å². The zero-order chi connectivity index (χ0) is 19.2. The molecule has 0 atom stereocenters. The maximum atomic E-state index is 13.3. The number of amides is 1. The third-order valence-electron chi connectivity index (χ3n) is 4.83. The molecule has 4 rings (SSSR count). The summed E-state index contributed by atoms with van der Waals surface area (Å²) < 4.78 is 5.79. The van der Waals surface area contributed by atoms with Gasteiger partial charge in [0, 0.05) is 31.0 Å². The number of carbonyl (C=O) groups is 1. The lowest BCUT2D eigenvalue weighted by Gasteiger charge is -2.26. The van der Waals surface area contributed by atoms with E-state index in [1.54, 1.807) is 12.4 Å². The Morgan fingerprint density at radius 1 is 0.929 bits per heavy atom. The fourth-order valence-corrected chi connectivity index (χ4v) is 3.31. The molecular weight excluding hydrogens is 348 g/mol. The normalized spacial score (nSPS) is 12.5. The smallest absolute Gasteiger partial charge is 0.253 e. The SMILES string of the molecule is O=C(C1=Cc2ccccc2OC1)N(CCc1ccccc1)Cc1ccncc1. The molecule has 0 radical (unpaired) electrons. The molecule has 140 valence electrons. The van der Waals surface area contributed by atoms with Gasteiger partial charge in [-0.3, -0.25) is 9.78 Å². The van der Waals surface area contributed by atoms with Gasteiger partial charge in [-0.25, -0.2) is 0 Å². The summed E-state index contributed by atoms with van der Waals surface area (Å²) in [4.78, 5) is 19.3. The predicted molar refractivity (Wildman–Crippen MR) is 110 cm³/mol. The first-order valence-corrected chi connectivity index (χ1v) is 9.44. The van der Waals surface area contributed by atoms with Crippen LogP contribution >= 0.6 is 0 Å². The van der Waals surface area contributed by atoms with Crippen LogP contribution in [-0.2, 0) is 17.8 Å². The number of ether oxygens (including phenoxy) is 1. The summed E-state index contributed by atoms with van der Waals surface area (Å²) in [5.41, 5.74) is 3.91. The van der Waals surface area contributed by atoms with Gasteiger partial charge in [0.25, 0.3) is 5.91 Å². The molecule has 0 N–H and O–H groups in total. The maximum absolute atomic E-state index is 13.3. The number of hydrogen-bond acceptors (Lipinski definition) is 3. The molecule has 0 saturated heterocycles. The van der Waals surface area contributed by atoms with Gasteiger partial charge in [0.05, 0.1) is 5.57 Å². The molecule has 4 nitrogen and oxygen atoms in total. The number of benzene rings is 2. The molecule has 0 fully saturated rings. The fraction of sp³-hybridized carbons (Fsp3) is 0.167. The van der Waals surface area contributed by atoms with Crippen LogP contribution in [0.1, 0.15) is 16.7 Å². The van der Waals surface area contributed by atoms with E-state index in [1.807, 2.05) is 65.6 Å². The summed E-state index contributed by atoms with van der Waals surface area (Å²) in [6.45, 7) is 1.49. The first kappa shape index (κ1) is 18.0. The van der Waals surface area contributed by atoms with Crippen LogP contribution in [0, 0.1) is 0 Å². The van der Waals surface area contributed by atoms with Crippen LogP contribution < -0.4 is 4.74 Å². The van der Waals surface area contributed by atoms with Crippen LogP contribution in [0.4, 0.5) is 0 Å². The first-order chi connectivity index (χ1) is 13.8. The number of fused-ring (bicyclic) bond motifs is 1. The number of aromatic nitrogens is 1. The van der Waals surface area contributed by atoms with Gasteiger partial charge >= 0.3 is 0 Å². The molecule has 0 saturated carbocycles. The molecule has 1 aliphatic rings. The van der Waals surface area contributed by atoms with Crippen LogP contribution in [0.5, 0.6) is 5.75 Å². The van der Waals surface area contributed by atoms with E-state index < -0.39 is 0 Å². The van der Waals surface area contributed by atoms with E-state index >= 15 is 0 Å². The maximum Gasteiger partial charge on any atom is 0.253 e. The molecule has 1 aromatic heterocycles. The van der Waals surface area contributed by atoms with Crippen LogP contribution in [0.15, 0.2) is 84.7 Å². The number of hydrogen-bond donors (Lipinski definition) is 0. The van der Waals surface area contributed by atoms with Gasteiger partial charge < -0.3 is 9.64 Å².